The molecule has 0 spiro atoms. The van der Waals surface area contributed by atoms with Crippen molar-refractivity contribution in [3.8, 4) is 5.75 Å². The lowest BCUT2D eigenvalue weighted by molar-refractivity contribution is 0.0692. The van der Waals surface area contributed by atoms with Gasteiger partial charge in [-0.05, 0) is 36.2 Å². The number of halogens is 1. The van der Waals surface area contributed by atoms with Crippen LogP contribution in [0, 0.1) is 6.92 Å². The van der Waals surface area contributed by atoms with E-state index in [4.69, 9.17) is 21.4 Å². The highest BCUT2D eigenvalue weighted by molar-refractivity contribution is 6.31. The zero-order valence-corrected chi connectivity index (χ0v) is 11.1. The number of carboxylic acids is 1. The van der Waals surface area contributed by atoms with Gasteiger partial charge in [0.05, 0.1) is 0 Å². The van der Waals surface area contributed by atoms with E-state index >= 15 is 0 Å². The molecule has 0 aliphatic heterocycles. The molecule has 0 aromatic heterocycles. The molecule has 2 aromatic rings. The zero-order chi connectivity index (χ0) is 13.8. The van der Waals surface area contributed by atoms with Gasteiger partial charge in [-0.1, -0.05) is 35.9 Å². The second-order valence-electron chi connectivity index (χ2n) is 4.16. The second-order valence-corrected chi connectivity index (χ2v) is 4.60. The molecule has 0 atom stereocenters. The molecular weight excluding hydrogens is 264 g/mol. The third-order valence-corrected chi connectivity index (χ3v) is 3.05. The van der Waals surface area contributed by atoms with Crippen molar-refractivity contribution in [2.75, 3.05) is 0 Å². The number of aryl methyl sites for hydroxylation is 1. The molecule has 0 heterocycles. The van der Waals surface area contributed by atoms with Crippen molar-refractivity contribution >= 4 is 17.6 Å². The Kier molecular flexibility index (Phi) is 4.07. The molecule has 3 nitrogen and oxygen atoms in total. The third-order valence-electron chi connectivity index (χ3n) is 2.82. The summed E-state index contributed by atoms with van der Waals surface area (Å²) in [5.74, 6) is -0.734. The Morgan fingerprint density at radius 2 is 2.00 bits per heavy atom. The SMILES string of the molecule is Cc1ccccc1COc1ccc(Cl)cc1C(=O)O. The molecular formula is C15H13ClO3. The first-order valence-electron chi connectivity index (χ1n) is 5.78. The van der Waals surface area contributed by atoms with E-state index in [9.17, 15) is 4.79 Å². The Morgan fingerprint density at radius 3 is 2.68 bits per heavy atom. The van der Waals surface area contributed by atoms with Gasteiger partial charge in [0.1, 0.15) is 17.9 Å². The predicted octanol–water partition coefficient (Wildman–Crippen LogP) is 3.93. The van der Waals surface area contributed by atoms with Gasteiger partial charge in [-0.2, -0.15) is 0 Å². The maximum atomic E-state index is 11.1. The molecule has 0 radical (unpaired) electrons. The molecule has 0 saturated heterocycles. The smallest absolute Gasteiger partial charge is 0.339 e. The molecule has 2 rings (SSSR count). The number of hydrogen-bond acceptors (Lipinski definition) is 2. The van der Waals surface area contributed by atoms with Crippen LogP contribution in [0.25, 0.3) is 0 Å². The van der Waals surface area contributed by atoms with Crippen LogP contribution in [0.3, 0.4) is 0 Å². The van der Waals surface area contributed by atoms with E-state index in [1.165, 1.54) is 6.07 Å². The van der Waals surface area contributed by atoms with Crippen LogP contribution in [-0.2, 0) is 6.61 Å². The van der Waals surface area contributed by atoms with Gasteiger partial charge >= 0.3 is 5.97 Å². The van der Waals surface area contributed by atoms with E-state index in [1.54, 1.807) is 12.1 Å². The van der Waals surface area contributed by atoms with Crippen molar-refractivity contribution in [3.63, 3.8) is 0 Å². The number of carboxylic acid groups (broad SMARTS) is 1. The lowest BCUT2D eigenvalue weighted by Gasteiger charge is -2.11. The van der Waals surface area contributed by atoms with Gasteiger partial charge in [0.25, 0.3) is 0 Å². The number of carbonyl (C=O) groups is 1. The van der Waals surface area contributed by atoms with Crippen molar-refractivity contribution < 1.29 is 14.6 Å². The second kappa shape index (κ2) is 5.76. The average Bonchev–Trinajstić information content (AvgIpc) is 2.38. The van der Waals surface area contributed by atoms with Gasteiger partial charge in [0.15, 0.2) is 0 Å². The van der Waals surface area contributed by atoms with Gasteiger partial charge in [-0.15, -0.1) is 0 Å². The van der Waals surface area contributed by atoms with Crippen molar-refractivity contribution in [3.05, 3.63) is 64.2 Å². The normalized spacial score (nSPS) is 10.2. The van der Waals surface area contributed by atoms with Gasteiger partial charge in [0, 0.05) is 5.02 Å². The number of benzene rings is 2. The van der Waals surface area contributed by atoms with Crippen molar-refractivity contribution in [1.29, 1.82) is 0 Å². The van der Waals surface area contributed by atoms with Crippen LogP contribution in [0.2, 0.25) is 5.02 Å². The van der Waals surface area contributed by atoms with Crippen LogP contribution in [-0.4, -0.2) is 11.1 Å². The Morgan fingerprint density at radius 1 is 1.26 bits per heavy atom. The van der Waals surface area contributed by atoms with Crippen LogP contribution in [0.5, 0.6) is 5.75 Å². The highest BCUT2D eigenvalue weighted by Crippen LogP contribution is 2.24. The molecule has 0 aliphatic rings. The largest absolute Gasteiger partial charge is 0.488 e. The van der Waals surface area contributed by atoms with Crippen molar-refractivity contribution in [2.24, 2.45) is 0 Å². The average molecular weight is 277 g/mol. The summed E-state index contributed by atoms with van der Waals surface area (Å²) >= 11 is 5.78. The molecule has 0 saturated carbocycles. The summed E-state index contributed by atoms with van der Waals surface area (Å²) in [5, 5.41) is 9.48. The summed E-state index contributed by atoms with van der Waals surface area (Å²) in [5.41, 5.74) is 2.20. The Hall–Kier alpha value is -2.00. The summed E-state index contributed by atoms with van der Waals surface area (Å²) in [6, 6.07) is 12.4. The molecule has 0 aliphatic carbocycles. The molecule has 4 heteroatoms. The van der Waals surface area contributed by atoms with Crippen LogP contribution in [0.1, 0.15) is 21.5 Å². The lowest BCUT2D eigenvalue weighted by Crippen LogP contribution is -2.04. The Bertz CT molecular complexity index is 608. The molecule has 0 bridgehead atoms. The third kappa shape index (κ3) is 3.26. The van der Waals surface area contributed by atoms with Gasteiger partial charge in [-0.25, -0.2) is 4.79 Å². The van der Waals surface area contributed by atoms with Crippen molar-refractivity contribution in [2.45, 2.75) is 13.5 Å². The highest BCUT2D eigenvalue weighted by atomic mass is 35.5. The zero-order valence-electron chi connectivity index (χ0n) is 10.4. The van der Waals surface area contributed by atoms with Crippen LogP contribution in [0.15, 0.2) is 42.5 Å². The van der Waals surface area contributed by atoms with Crippen LogP contribution < -0.4 is 4.74 Å². The highest BCUT2D eigenvalue weighted by Gasteiger charge is 2.12. The minimum absolute atomic E-state index is 0.0704. The van der Waals surface area contributed by atoms with Crippen molar-refractivity contribution in [1.82, 2.24) is 0 Å². The number of rotatable bonds is 4. The van der Waals surface area contributed by atoms with E-state index in [-0.39, 0.29) is 5.56 Å². The van der Waals surface area contributed by atoms with Gasteiger partial charge in [0.2, 0.25) is 0 Å². The molecule has 19 heavy (non-hydrogen) atoms. The monoisotopic (exact) mass is 276 g/mol. The van der Waals surface area contributed by atoms with Crippen LogP contribution in [0.4, 0.5) is 0 Å². The molecule has 0 unspecified atom stereocenters. The Labute approximate surface area is 116 Å². The first kappa shape index (κ1) is 13.4. The summed E-state index contributed by atoms with van der Waals surface area (Å²) in [7, 11) is 0. The van der Waals surface area contributed by atoms with E-state index in [1.807, 2.05) is 31.2 Å². The lowest BCUT2D eigenvalue weighted by atomic mass is 10.1. The van der Waals surface area contributed by atoms with E-state index in [2.05, 4.69) is 0 Å². The topological polar surface area (TPSA) is 46.5 Å². The molecule has 2 aromatic carbocycles. The maximum Gasteiger partial charge on any atom is 0.339 e. The first-order valence-corrected chi connectivity index (χ1v) is 6.16. The van der Waals surface area contributed by atoms with E-state index in [0.29, 0.717) is 17.4 Å². The molecule has 98 valence electrons. The summed E-state index contributed by atoms with van der Waals surface area (Å²) in [6.45, 7) is 2.31. The molecule has 1 N–H and O–H groups in total. The number of aromatic carboxylic acids is 1. The number of hydrogen-bond donors (Lipinski definition) is 1. The maximum absolute atomic E-state index is 11.1. The van der Waals surface area contributed by atoms with Gasteiger partial charge < -0.3 is 9.84 Å². The molecule has 0 amide bonds. The Balaban J connectivity index is 2.20. The summed E-state index contributed by atoms with van der Waals surface area (Å²) in [6.07, 6.45) is 0. The minimum Gasteiger partial charge on any atom is -0.488 e. The quantitative estimate of drug-likeness (QED) is 0.920. The fourth-order valence-electron chi connectivity index (χ4n) is 1.72. The van der Waals surface area contributed by atoms with Gasteiger partial charge in [-0.3, -0.25) is 0 Å². The van der Waals surface area contributed by atoms with Crippen LogP contribution >= 0.6 is 11.6 Å². The van der Waals surface area contributed by atoms with E-state index < -0.39 is 5.97 Å². The molecule has 0 fully saturated rings. The number of ether oxygens (including phenoxy) is 1. The van der Waals surface area contributed by atoms with E-state index in [0.717, 1.165) is 11.1 Å². The predicted molar refractivity (Wildman–Crippen MR) is 73.9 cm³/mol. The summed E-state index contributed by atoms with van der Waals surface area (Å²) in [4.78, 5) is 11.1. The fourth-order valence-corrected chi connectivity index (χ4v) is 1.89. The first-order chi connectivity index (χ1) is 9.08. The minimum atomic E-state index is -1.05. The summed E-state index contributed by atoms with van der Waals surface area (Å²) < 4.78 is 5.58. The fraction of sp³-hybridized carbons (Fsp3) is 0.133. The standard InChI is InChI=1S/C15H13ClO3/c1-10-4-2-3-5-11(10)9-19-14-7-6-12(16)8-13(14)15(17)18/h2-8H,9H2,1H3,(H,17,18).